The number of amides is 2. The van der Waals surface area contributed by atoms with E-state index in [9.17, 15) is 9.59 Å². The third-order valence-electron chi connectivity index (χ3n) is 2.68. The fourth-order valence-corrected chi connectivity index (χ4v) is 1.34. The summed E-state index contributed by atoms with van der Waals surface area (Å²) >= 11 is 0. The van der Waals surface area contributed by atoms with Crippen molar-refractivity contribution in [2.75, 3.05) is 20.1 Å². The van der Waals surface area contributed by atoms with Crippen molar-refractivity contribution in [3.05, 3.63) is 18.0 Å². The summed E-state index contributed by atoms with van der Waals surface area (Å²) in [4.78, 5) is 24.7. The first-order chi connectivity index (χ1) is 8.45. The van der Waals surface area contributed by atoms with Crippen LogP contribution in [0.4, 0.5) is 0 Å². The molecule has 0 bridgehead atoms. The van der Waals surface area contributed by atoms with Crippen LogP contribution in [0, 0.1) is 0 Å². The minimum absolute atomic E-state index is 0.0445. The highest BCUT2D eigenvalue weighted by Crippen LogP contribution is 2.07. The Kier molecular flexibility index (Phi) is 4.85. The maximum atomic E-state index is 11.7. The highest BCUT2D eigenvalue weighted by Gasteiger charge is 2.18. The van der Waals surface area contributed by atoms with Gasteiger partial charge in [-0.15, -0.1) is 0 Å². The average Bonchev–Trinajstić information content (AvgIpc) is 2.80. The van der Waals surface area contributed by atoms with Gasteiger partial charge in [0.2, 0.25) is 11.8 Å². The SMILES string of the molecule is CCN(C)C(=O)CNC(=O)C(N)c1cnn(C)c1. The molecule has 7 nitrogen and oxygen atoms in total. The van der Waals surface area contributed by atoms with Crippen molar-refractivity contribution in [2.45, 2.75) is 13.0 Å². The molecule has 100 valence electrons. The third kappa shape index (κ3) is 3.56. The van der Waals surface area contributed by atoms with Crippen LogP contribution in [-0.4, -0.2) is 46.6 Å². The van der Waals surface area contributed by atoms with Crippen LogP contribution in [0.15, 0.2) is 12.4 Å². The van der Waals surface area contributed by atoms with Gasteiger partial charge in [-0.2, -0.15) is 5.10 Å². The topological polar surface area (TPSA) is 93.2 Å². The molecule has 1 atom stereocenters. The second kappa shape index (κ2) is 6.15. The molecule has 1 heterocycles. The molecule has 0 spiro atoms. The molecule has 0 radical (unpaired) electrons. The van der Waals surface area contributed by atoms with Gasteiger partial charge >= 0.3 is 0 Å². The van der Waals surface area contributed by atoms with Gasteiger partial charge < -0.3 is 16.0 Å². The number of carbonyl (C=O) groups excluding carboxylic acids is 2. The molecule has 18 heavy (non-hydrogen) atoms. The second-order valence-electron chi connectivity index (χ2n) is 4.05. The average molecular weight is 253 g/mol. The monoisotopic (exact) mass is 253 g/mol. The largest absolute Gasteiger partial charge is 0.345 e. The van der Waals surface area contributed by atoms with Crippen LogP contribution < -0.4 is 11.1 Å². The van der Waals surface area contributed by atoms with Gasteiger partial charge in [-0.1, -0.05) is 0 Å². The molecule has 0 aliphatic heterocycles. The van der Waals surface area contributed by atoms with Gasteiger partial charge in [0.15, 0.2) is 0 Å². The summed E-state index contributed by atoms with van der Waals surface area (Å²) in [6.45, 7) is 2.42. The number of nitrogens with two attached hydrogens (primary N) is 1. The molecule has 0 aromatic carbocycles. The molecule has 0 saturated heterocycles. The predicted molar refractivity (Wildman–Crippen MR) is 66.5 cm³/mol. The number of hydrogen-bond donors (Lipinski definition) is 2. The molecule has 0 aliphatic rings. The van der Waals surface area contributed by atoms with Crippen molar-refractivity contribution in [1.82, 2.24) is 20.0 Å². The standard InChI is InChI=1S/C11H19N5O2/c1-4-15(2)9(17)6-13-11(18)10(12)8-5-14-16(3)7-8/h5,7,10H,4,6,12H2,1-3H3,(H,13,18). The molecular formula is C11H19N5O2. The molecule has 2 amide bonds. The van der Waals surface area contributed by atoms with Gasteiger partial charge in [-0.3, -0.25) is 14.3 Å². The molecule has 0 saturated carbocycles. The first kappa shape index (κ1) is 14.2. The molecular weight excluding hydrogens is 234 g/mol. The molecule has 7 heteroatoms. The second-order valence-corrected chi connectivity index (χ2v) is 4.05. The van der Waals surface area contributed by atoms with Crippen LogP contribution in [0.5, 0.6) is 0 Å². The Morgan fingerprint density at radius 2 is 2.28 bits per heavy atom. The van der Waals surface area contributed by atoms with Gasteiger partial charge in [-0.25, -0.2) is 0 Å². The zero-order valence-corrected chi connectivity index (χ0v) is 10.9. The Morgan fingerprint density at radius 3 is 2.78 bits per heavy atom. The lowest BCUT2D eigenvalue weighted by Gasteiger charge is -2.16. The van der Waals surface area contributed by atoms with Crippen molar-refractivity contribution < 1.29 is 9.59 Å². The van der Waals surface area contributed by atoms with E-state index in [-0.39, 0.29) is 18.4 Å². The van der Waals surface area contributed by atoms with Crippen molar-refractivity contribution >= 4 is 11.8 Å². The van der Waals surface area contributed by atoms with E-state index >= 15 is 0 Å². The van der Waals surface area contributed by atoms with Crippen molar-refractivity contribution in [3.63, 3.8) is 0 Å². The van der Waals surface area contributed by atoms with Crippen molar-refractivity contribution in [1.29, 1.82) is 0 Å². The van der Waals surface area contributed by atoms with Crippen LogP contribution in [0.3, 0.4) is 0 Å². The van der Waals surface area contributed by atoms with E-state index in [2.05, 4.69) is 10.4 Å². The Balaban J connectivity index is 2.48. The van der Waals surface area contributed by atoms with Gasteiger partial charge in [0.1, 0.15) is 6.04 Å². The quantitative estimate of drug-likeness (QED) is 0.705. The minimum atomic E-state index is -0.807. The number of aromatic nitrogens is 2. The fourth-order valence-electron chi connectivity index (χ4n) is 1.34. The zero-order valence-electron chi connectivity index (χ0n) is 10.9. The highest BCUT2D eigenvalue weighted by molar-refractivity contribution is 5.87. The van der Waals surface area contributed by atoms with E-state index < -0.39 is 6.04 Å². The summed E-state index contributed by atoms with van der Waals surface area (Å²) in [5, 5.41) is 6.45. The molecule has 1 rings (SSSR count). The van der Waals surface area contributed by atoms with E-state index in [1.807, 2.05) is 6.92 Å². The van der Waals surface area contributed by atoms with E-state index in [0.717, 1.165) is 0 Å². The van der Waals surface area contributed by atoms with Gasteiger partial charge in [0, 0.05) is 32.4 Å². The first-order valence-corrected chi connectivity index (χ1v) is 5.71. The summed E-state index contributed by atoms with van der Waals surface area (Å²) < 4.78 is 1.57. The summed E-state index contributed by atoms with van der Waals surface area (Å²) in [5.74, 6) is -0.537. The van der Waals surface area contributed by atoms with Crippen LogP contribution in [0.25, 0.3) is 0 Å². The molecule has 0 fully saturated rings. The highest BCUT2D eigenvalue weighted by atomic mass is 16.2. The summed E-state index contributed by atoms with van der Waals surface area (Å²) in [5.41, 5.74) is 6.37. The Morgan fingerprint density at radius 1 is 1.61 bits per heavy atom. The third-order valence-corrected chi connectivity index (χ3v) is 2.68. The van der Waals surface area contributed by atoms with Crippen LogP contribution in [0.1, 0.15) is 18.5 Å². The van der Waals surface area contributed by atoms with E-state index in [4.69, 9.17) is 5.73 Å². The van der Waals surface area contributed by atoms with E-state index in [1.165, 1.54) is 11.1 Å². The number of hydrogen-bond acceptors (Lipinski definition) is 4. The number of nitrogens with one attached hydrogen (secondary N) is 1. The van der Waals surface area contributed by atoms with Gasteiger partial charge in [0.25, 0.3) is 0 Å². The molecule has 0 aliphatic carbocycles. The number of rotatable bonds is 5. The molecule has 1 aromatic heterocycles. The number of nitrogens with zero attached hydrogens (tertiary/aromatic N) is 3. The van der Waals surface area contributed by atoms with Crippen LogP contribution >= 0.6 is 0 Å². The van der Waals surface area contributed by atoms with E-state index in [1.54, 1.807) is 25.0 Å². The van der Waals surface area contributed by atoms with Gasteiger partial charge in [0.05, 0.1) is 12.7 Å². The maximum absolute atomic E-state index is 11.7. The van der Waals surface area contributed by atoms with Crippen molar-refractivity contribution in [3.8, 4) is 0 Å². The Labute approximate surface area is 106 Å². The Bertz CT molecular complexity index is 429. The predicted octanol–water partition coefficient (Wildman–Crippen LogP) is -0.986. The zero-order chi connectivity index (χ0) is 13.7. The minimum Gasteiger partial charge on any atom is -0.345 e. The molecule has 3 N–H and O–H groups in total. The van der Waals surface area contributed by atoms with E-state index in [0.29, 0.717) is 12.1 Å². The number of carbonyl (C=O) groups is 2. The normalized spacial score (nSPS) is 12.0. The van der Waals surface area contributed by atoms with Crippen molar-refractivity contribution in [2.24, 2.45) is 12.8 Å². The summed E-state index contributed by atoms with van der Waals surface area (Å²) in [6.07, 6.45) is 3.20. The van der Waals surface area contributed by atoms with Gasteiger partial charge in [-0.05, 0) is 6.92 Å². The lowest BCUT2D eigenvalue weighted by Crippen LogP contribution is -2.41. The first-order valence-electron chi connectivity index (χ1n) is 5.71. The number of likely N-dealkylation sites (N-methyl/N-ethyl adjacent to an activating group) is 1. The summed E-state index contributed by atoms with van der Waals surface area (Å²) in [7, 11) is 3.42. The van der Waals surface area contributed by atoms with Crippen LogP contribution in [0.2, 0.25) is 0 Å². The lowest BCUT2D eigenvalue weighted by molar-refractivity contribution is -0.132. The van der Waals surface area contributed by atoms with Crippen LogP contribution in [-0.2, 0) is 16.6 Å². The summed E-state index contributed by atoms with van der Waals surface area (Å²) in [6, 6.07) is -0.807. The number of aryl methyl sites for hydroxylation is 1. The smallest absolute Gasteiger partial charge is 0.242 e. The Hall–Kier alpha value is -1.89. The lowest BCUT2D eigenvalue weighted by atomic mass is 10.1. The fraction of sp³-hybridized carbons (Fsp3) is 0.545. The molecule has 1 unspecified atom stereocenters. The molecule has 1 aromatic rings. The maximum Gasteiger partial charge on any atom is 0.242 e.